The third-order valence-electron chi connectivity index (χ3n) is 5.97. The minimum atomic E-state index is -0.781. The molecule has 1 saturated carbocycles. The zero-order valence-electron chi connectivity index (χ0n) is 16.8. The quantitative estimate of drug-likeness (QED) is 0.673. The number of aliphatic carboxylic acids is 1. The fourth-order valence-electron chi connectivity index (χ4n) is 4.58. The van der Waals surface area contributed by atoms with E-state index in [1.807, 2.05) is 6.92 Å². The lowest BCUT2D eigenvalue weighted by molar-refractivity contribution is -0.133. The fraction of sp³-hybridized carbons (Fsp3) is 0.762. The SMILES string of the molecule is CCSC1C(C(=O)O)=C(C)C=C(N2CCOCC2)N1CCCC1CCCC1. The lowest BCUT2D eigenvalue weighted by atomic mass is 10.0. The topological polar surface area (TPSA) is 53.0 Å². The van der Waals surface area contributed by atoms with Gasteiger partial charge in [-0.2, -0.15) is 0 Å². The van der Waals surface area contributed by atoms with Crippen molar-refractivity contribution in [3.63, 3.8) is 0 Å². The molecule has 1 unspecified atom stereocenters. The first-order valence-electron chi connectivity index (χ1n) is 10.5. The Morgan fingerprint density at radius 2 is 2.00 bits per heavy atom. The van der Waals surface area contributed by atoms with Crippen LogP contribution < -0.4 is 0 Å². The first kappa shape index (κ1) is 20.6. The Hall–Kier alpha value is -1.14. The second-order valence-corrected chi connectivity index (χ2v) is 9.15. The van der Waals surface area contributed by atoms with Crippen LogP contribution in [0.25, 0.3) is 0 Å². The average Bonchev–Trinajstić information content (AvgIpc) is 3.17. The molecule has 1 N–H and O–H groups in total. The Kier molecular flexibility index (Phi) is 7.53. The molecule has 2 heterocycles. The number of allylic oxidation sites excluding steroid dienone is 2. The van der Waals surface area contributed by atoms with Gasteiger partial charge < -0.3 is 19.6 Å². The van der Waals surface area contributed by atoms with Crippen molar-refractivity contribution >= 4 is 17.7 Å². The minimum Gasteiger partial charge on any atom is -0.478 e. The molecule has 2 aliphatic heterocycles. The highest BCUT2D eigenvalue weighted by Gasteiger charge is 2.35. The Labute approximate surface area is 167 Å². The highest BCUT2D eigenvalue weighted by Crippen LogP contribution is 2.36. The minimum absolute atomic E-state index is 0.0982. The average molecular weight is 395 g/mol. The molecule has 0 spiro atoms. The van der Waals surface area contributed by atoms with Gasteiger partial charge in [0.1, 0.15) is 11.2 Å². The molecule has 0 aromatic heterocycles. The third-order valence-corrected chi connectivity index (χ3v) is 7.11. The summed E-state index contributed by atoms with van der Waals surface area (Å²) in [4.78, 5) is 16.7. The van der Waals surface area contributed by atoms with Crippen molar-refractivity contribution in [3.05, 3.63) is 23.0 Å². The number of thioether (sulfide) groups is 1. The number of ether oxygens (including phenoxy) is 1. The molecule has 6 heteroatoms. The number of morpholine rings is 1. The van der Waals surface area contributed by atoms with Crippen molar-refractivity contribution in [1.82, 2.24) is 9.80 Å². The zero-order chi connectivity index (χ0) is 19.2. The number of hydrogen-bond acceptors (Lipinski definition) is 5. The summed E-state index contributed by atoms with van der Waals surface area (Å²) in [6.45, 7) is 8.24. The van der Waals surface area contributed by atoms with Crippen molar-refractivity contribution in [2.75, 3.05) is 38.6 Å². The molecule has 0 aromatic carbocycles. The van der Waals surface area contributed by atoms with Gasteiger partial charge in [-0.25, -0.2) is 4.79 Å². The number of carbonyl (C=O) groups is 1. The largest absolute Gasteiger partial charge is 0.478 e. The van der Waals surface area contributed by atoms with E-state index in [1.165, 1.54) is 37.9 Å². The van der Waals surface area contributed by atoms with Crippen LogP contribution in [-0.2, 0) is 9.53 Å². The van der Waals surface area contributed by atoms with Crippen LogP contribution in [0.3, 0.4) is 0 Å². The molecule has 5 nitrogen and oxygen atoms in total. The molecule has 1 aliphatic carbocycles. The number of carboxylic acid groups (broad SMARTS) is 1. The highest BCUT2D eigenvalue weighted by molar-refractivity contribution is 8.00. The van der Waals surface area contributed by atoms with Crippen molar-refractivity contribution in [2.45, 2.75) is 57.7 Å². The van der Waals surface area contributed by atoms with Gasteiger partial charge in [-0.05, 0) is 43.1 Å². The van der Waals surface area contributed by atoms with Gasteiger partial charge in [0.05, 0.1) is 18.8 Å². The predicted octanol–water partition coefficient (Wildman–Crippen LogP) is 3.93. The van der Waals surface area contributed by atoms with E-state index in [0.717, 1.165) is 56.5 Å². The maximum atomic E-state index is 12.0. The Balaban J connectivity index is 1.80. The molecule has 1 saturated heterocycles. The summed E-state index contributed by atoms with van der Waals surface area (Å²) in [5, 5.41) is 9.76. The molecule has 152 valence electrons. The second kappa shape index (κ2) is 9.87. The van der Waals surface area contributed by atoms with Gasteiger partial charge in [0.2, 0.25) is 0 Å². The monoisotopic (exact) mass is 394 g/mol. The zero-order valence-corrected chi connectivity index (χ0v) is 17.6. The lowest BCUT2D eigenvalue weighted by Crippen LogP contribution is -2.48. The van der Waals surface area contributed by atoms with E-state index in [-0.39, 0.29) is 5.37 Å². The molecule has 0 aromatic rings. The fourth-order valence-corrected chi connectivity index (χ4v) is 5.74. The van der Waals surface area contributed by atoms with Crippen molar-refractivity contribution in [1.29, 1.82) is 0 Å². The van der Waals surface area contributed by atoms with E-state index < -0.39 is 5.97 Å². The van der Waals surface area contributed by atoms with Crippen LogP contribution in [0, 0.1) is 5.92 Å². The summed E-state index contributed by atoms with van der Waals surface area (Å²) in [6, 6.07) is 0. The predicted molar refractivity (Wildman–Crippen MR) is 111 cm³/mol. The molecule has 2 fully saturated rings. The Bertz CT molecular complexity index is 578. The van der Waals surface area contributed by atoms with E-state index >= 15 is 0 Å². The van der Waals surface area contributed by atoms with Gasteiger partial charge >= 0.3 is 5.97 Å². The molecule has 1 atom stereocenters. The van der Waals surface area contributed by atoms with Crippen LogP contribution in [0.4, 0.5) is 0 Å². The summed E-state index contributed by atoms with van der Waals surface area (Å²) in [5.41, 5.74) is 1.45. The number of hydrogen-bond donors (Lipinski definition) is 1. The van der Waals surface area contributed by atoms with Crippen LogP contribution in [0.15, 0.2) is 23.0 Å². The highest BCUT2D eigenvalue weighted by atomic mass is 32.2. The summed E-state index contributed by atoms with van der Waals surface area (Å²) in [6.07, 6.45) is 10.0. The maximum Gasteiger partial charge on any atom is 0.334 e. The van der Waals surface area contributed by atoms with Crippen LogP contribution in [-0.4, -0.2) is 64.9 Å². The number of nitrogens with zero attached hydrogens (tertiary/aromatic N) is 2. The van der Waals surface area contributed by atoms with Crippen LogP contribution in [0.1, 0.15) is 52.4 Å². The van der Waals surface area contributed by atoms with Gasteiger partial charge in [0.25, 0.3) is 0 Å². The standard InChI is InChI=1S/C21H34N2O3S/c1-3-27-20-19(21(24)25)16(2)15-18(22-11-13-26-14-12-22)23(20)10-6-9-17-7-4-5-8-17/h15,17,20H,3-14H2,1-2H3,(H,24,25). The molecular weight excluding hydrogens is 360 g/mol. The number of carboxylic acids is 1. The molecule has 3 aliphatic rings. The molecule has 0 radical (unpaired) electrons. The van der Waals surface area contributed by atoms with Gasteiger partial charge in [-0.3, -0.25) is 0 Å². The Morgan fingerprint density at radius 3 is 2.63 bits per heavy atom. The van der Waals surface area contributed by atoms with E-state index in [1.54, 1.807) is 11.8 Å². The first-order valence-corrected chi connectivity index (χ1v) is 11.5. The summed E-state index contributed by atoms with van der Waals surface area (Å²) in [5.74, 6) is 2.19. The lowest BCUT2D eigenvalue weighted by Gasteiger charge is -2.44. The second-order valence-electron chi connectivity index (χ2n) is 7.80. The number of rotatable bonds is 8. The summed E-state index contributed by atoms with van der Waals surface area (Å²) >= 11 is 1.74. The summed E-state index contributed by atoms with van der Waals surface area (Å²) < 4.78 is 5.54. The van der Waals surface area contributed by atoms with Crippen molar-refractivity contribution in [2.24, 2.45) is 5.92 Å². The van der Waals surface area contributed by atoms with Crippen molar-refractivity contribution < 1.29 is 14.6 Å². The van der Waals surface area contributed by atoms with Gasteiger partial charge in [0.15, 0.2) is 0 Å². The van der Waals surface area contributed by atoms with Gasteiger partial charge in [-0.15, -0.1) is 11.8 Å². The van der Waals surface area contributed by atoms with Gasteiger partial charge in [-0.1, -0.05) is 32.6 Å². The van der Waals surface area contributed by atoms with Crippen LogP contribution >= 0.6 is 11.8 Å². The van der Waals surface area contributed by atoms with E-state index in [9.17, 15) is 9.90 Å². The molecular formula is C21H34N2O3S. The van der Waals surface area contributed by atoms with Crippen molar-refractivity contribution in [3.8, 4) is 0 Å². The van der Waals surface area contributed by atoms with Crippen LogP contribution in [0.2, 0.25) is 0 Å². The maximum absolute atomic E-state index is 12.0. The Morgan fingerprint density at radius 1 is 1.30 bits per heavy atom. The van der Waals surface area contributed by atoms with E-state index in [0.29, 0.717) is 5.57 Å². The summed E-state index contributed by atoms with van der Waals surface area (Å²) in [7, 11) is 0. The smallest absolute Gasteiger partial charge is 0.334 e. The molecule has 27 heavy (non-hydrogen) atoms. The normalized spacial score (nSPS) is 24.5. The van der Waals surface area contributed by atoms with Crippen LogP contribution in [0.5, 0.6) is 0 Å². The van der Waals surface area contributed by atoms with Gasteiger partial charge in [0, 0.05) is 19.6 Å². The van der Waals surface area contributed by atoms with E-state index in [2.05, 4.69) is 22.8 Å². The molecule has 0 bridgehead atoms. The first-order chi connectivity index (χ1) is 13.1. The molecule has 0 amide bonds. The van der Waals surface area contributed by atoms with E-state index in [4.69, 9.17) is 4.74 Å². The third kappa shape index (κ3) is 5.02. The molecule has 3 rings (SSSR count).